The fraction of sp³-hybridized carbons (Fsp3) is 0.438. The van der Waals surface area contributed by atoms with Gasteiger partial charge in [0.2, 0.25) is 5.91 Å². The zero-order valence-electron chi connectivity index (χ0n) is 14.3. The maximum atomic E-state index is 12.2. The Morgan fingerprint density at radius 2 is 2.00 bits per heavy atom. The number of benzene rings is 1. The lowest BCUT2D eigenvalue weighted by Gasteiger charge is -2.09. The number of hydrogen-bond acceptors (Lipinski definition) is 6. The van der Waals surface area contributed by atoms with Crippen LogP contribution < -0.4 is 5.32 Å². The van der Waals surface area contributed by atoms with Gasteiger partial charge in [-0.2, -0.15) is 0 Å². The lowest BCUT2D eigenvalue weighted by molar-refractivity contribution is -0.384. The van der Waals surface area contributed by atoms with Gasteiger partial charge in [0.15, 0.2) is 5.16 Å². The summed E-state index contributed by atoms with van der Waals surface area (Å²) in [5.74, 6) is 0.657. The normalized spacial score (nSPS) is 13.7. The number of amides is 1. The molecule has 25 heavy (non-hydrogen) atoms. The highest BCUT2D eigenvalue weighted by Gasteiger charge is 2.28. The highest BCUT2D eigenvalue weighted by atomic mass is 32.2. The fourth-order valence-corrected chi connectivity index (χ4v) is 3.42. The van der Waals surface area contributed by atoms with E-state index in [1.807, 2.05) is 13.8 Å². The number of carbonyl (C=O) groups excluding carboxylic acids is 1. The van der Waals surface area contributed by atoms with Crippen molar-refractivity contribution in [3.63, 3.8) is 0 Å². The molecule has 1 aromatic carbocycles. The van der Waals surface area contributed by atoms with E-state index in [-0.39, 0.29) is 23.0 Å². The van der Waals surface area contributed by atoms with Crippen molar-refractivity contribution in [3.8, 4) is 0 Å². The predicted molar refractivity (Wildman–Crippen MR) is 95.0 cm³/mol. The molecule has 8 nitrogen and oxygen atoms in total. The third-order valence-corrected chi connectivity index (χ3v) is 5.11. The van der Waals surface area contributed by atoms with Crippen LogP contribution in [0.1, 0.15) is 35.8 Å². The molecular weight excluding hydrogens is 342 g/mol. The Labute approximate surface area is 149 Å². The Morgan fingerprint density at radius 3 is 2.64 bits per heavy atom. The van der Waals surface area contributed by atoms with E-state index in [1.54, 1.807) is 13.0 Å². The number of rotatable bonds is 6. The van der Waals surface area contributed by atoms with E-state index in [1.165, 1.54) is 17.8 Å². The number of aromatic nitrogens is 3. The van der Waals surface area contributed by atoms with Gasteiger partial charge in [0, 0.05) is 12.1 Å². The van der Waals surface area contributed by atoms with Crippen LogP contribution in [-0.2, 0) is 4.79 Å². The maximum absolute atomic E-state index is 12.2. The van der Waals surface area contributed by atoms with Crippen LogP contribution >= 0.6 is 11.8 Å². The molecule has 1 amide bonds. The molecule has 0 spiro atoms. The molecule has 132 valence electrons. The van der Waals surface area contributed by atoms with Gasteiger partial charge in [-0.25, -0.2) is 0 Å². The Morgan fingerprint density at radius 1 is 1.32 bits per heavy atom. The van der Waals surface area contributed by atoms with Crippen LogP contribution in [0.2, 0.25) is 0 Å². The van der Waals surface area contributed by atoms with Crippen molar-refractivity contribution in [2.24, 2.45) is 0 Å². The van der Waals surface area contributed by atoms with Gasteiger partial charge < -0.3 is 9.88 Å². The van der Waals surface area contributed by atoms with E-state index in [0.29, 0.717) is 11.2 Å². The molecule has 1 aromatic heterocycles. The summed E-state index contributed by atoms with van der Waals surface area (Å²) >= 11 is 1.29. The fourth-order valence-electron chi connectivity index (χ4n) is 2.57. The topological polar surface area (TPSA) is 103 Å². The van der Waals surface area contributed by atoms with Crippen molar-refractivity contribution < 1.29 is 9.72 Å². The van der Waals surface area contributed by atoms with Gasteiger partial charge in [0.25, 0.3) is 5.69 Å². The quantitative estimate of drug-likeness (QED) is 0.481. The highest BCUT2D eigenvalue weighted by Crippen LogP contribution is 2.38. The first-order valence-corrected chi connectivity index (χ1v) is 8.95. The second-order valence-corrected chi connectivity index (χ2v) is 7.12. The van der Waals surface area contributed by atoms with Gasteiger partial charge in [-0.1, -0.05) is 11.8 Å². The number of hydrogen-bond donors (Lipinski definition) is 1. The van der Waals surface area contributed by atoms with E-state index in [4.69, 9.17) is 0 Å². The van der Waals surface area contributed by atoms with Crippen molar-refractivity contribution in [1.29, 1.82) is 0 Å². The molecule has 3 rings (SSSR count). The third kappa shape index (κ3) is 3.81. The van der Waals surface area contributed by atoms with E-state index in [2.05, 4.69) is 20.1 Å². The van der Waals surface area contributed by atoms with Crippen LogP contribution in [0.25, 0.3) is 0 Å². The first-order chi connectivity index (χ1) is 11.9. The molecule has 0 unspecified atom stereocenters. The summed E-state index contributed by atoms with van der Waals surface area (Å²) in [5.41, 5.74) is 1.82. The van der Waals surface area contributed by atoms with Crippen LogP contribution in [0.5, 0.6) is 0 Å². The minimum Gasteiger partial charge on any atom is -0.320 e. The highest BCUT2D eigenvalue weighted by molar-refractivity contribution is 7.99. The molecule has 1 N–H and O–H groups in total. The molecule has 0 atom stereocenters. The molecule has 1 aliphatic rings. The number of nitrogens with zero attached hydrogens (tertiary/aromatic N) is 4. The minimum absolute atomic E-state index is 0.0987. The second-order valence-electron chi connectivity index (χ2n) is 6.18. The lowest BCUT2D eigenvalue weighted by Crippen LogP contribution is -2.16. The standard InChI is InChI=1S/C16H19N5O3S/c1-9-6-13(14(21(23)24)7-10(9)2)17-15(22)8-25-16-19-18-11(3)20(16)12-4-5-12/h6-7,12H,4-5,8H2,1-3H3,(H,17,22). The molecule has 0 bridgehead atoms. The van der Waals surface area contributed by atoms with E-state index < -0.39 is 4.92 Å². The number of nitro benzene ring substituents is 1. The van der Waals surface area contributed by atoms with Gasteiger partial charge in [0.05, 0.1) is 10.7 Å². The summed E-state index contributed by atoms with van der Waals surface area (Å²) < 4.78 is 2.05. The minimum atomic E-state index is -0.484. The van der Waals surface area contributed by atoms with Gasteiger partial charge in [0.1, 0.15) is 11.5 Å². The Kier molecular flexibility index (Phi) is 4.76. The molecule has 1 fully saturated rings. The Hall–Kier alpha value is -2.42. The van der Waals surface area contributed by atoms with Crippen LogP contribution in [-0.4, -0.2) is 31.3 Å². The number of nitrogens with one attached hydrogen (secondary N) is 1. The summed E-state index contributed by atoms with van der Waals surface area (Å²) in [6.07, 6.45) is 2.21. The first-order valence-electron chi connectivity index (χ1n) is 7.96. The Bertz CT molecular complexity index is 845. The SMILES string of the molecule is Cc1cc(NC(=O)CSc2nnc(C)n2C2CC2)c([N+](=O)[O-])cc1C. The summed E-state index contributed by atoms with van der Waals surface area (Å²) in [6.45, 7) is 5.55. The predicted octanol–water partition coefficient (Wildman–Crippen LogP) is 3.18. The molecule has 1 heterocycles. The van der Waals surface area contributed by atoms with Crippen molar-refractivity contribution >= 4 is 29.0 Å². The molecule has 0 radical (unpaired) electrons. The second kappa shape index (κ2) is 6.83. The van der Waals surface area contributed by atoms with Gasteiger partial charge in [-0.15, -0.1) is 10.2 Å². The van der Waals surface area contributed by atoms with Crippen molar-refractivity contribution in [2.75, 3.05) is 11.1 Å². The van der Waals surface area contributed by atoms with E-state index in [9.17, 15) is 14.9 Å². The van der Waals surface area contributed by atoms with Crippen LogP contribution in [0, 0.1) is 30.9 Å². The molecular formula is C16H19N5O3S. The summed E-state index contributed by atoms with van der Waals surface area (Å²) in [6, 6.07) is 3.54. The van der Waals surface area contributed by atoms with Gasteiger partial charge in [-0.05, 0) is 50.8 Å². The molecule has 0 saturated heterocycles. The van der Waals surface area contributed by atoms with Crippen LogP contribution in [0.15, 0.2) is 17.3 Å². The average Bonchev–Trinajstić information content (AvgIpc) is 3.31. The van der Waals surface area contributed by atoms with Gasteiger partial charge >= 0.3 is 0 Å². The van der Waals surface area contributed by atoms with Crippen molar-refractivity contribution in [1.82, 2.24) is 14.8 Å². The van der Waals surface area contributed by atoms with E-state index in [0.717, 1.165) is 29.8 Å². The summed E-state index contributed by atoms with van der Waals surface area (Å²) in [4.78, 5) is 23.0. The van der Waals surface area contributed by atoms with Crippen LogP contribution in [0.3, 0.4) is 0 Å². The van der Waals surface area contributed by atoms with Gasteiger partial charge in [-0.3, -0.25) is 14.9 Å². The number of thioether (sulfide) groups is 1. The molecule has 0 aliphatic heterocycles. The maximum Gasteiger partial charge on any atom is 0.293 e. The number of aryl methyl sites for hydroxylation is 3. The first kappa shape index (κ1) is 17.4. The molecule has 2 aromatic rings. The number of anilines is 1. The number of carbonyl (C=O) groups is 1. The zero-order chi connectivity index (χ0) is 18.1. The van der Waals surface area contributed by atoms with E-state index >= 15 is 0 Å². The molecule has 9 heteroatoms. The number of nitro groups is 1. The molecule has 1 aliphatic carbocycles. The summed E-state index contributed by atoms with van der Waals surface area (Å²) in [7, 11) is 0. The Balaban J connectivity index is 1.69. The van der Waals surface area contributed by atoms with Crippen molar-refractivity contribution in [3.05, 3.63) is 39.2 Å². The average molecular weight is 361 g/mol. The van der Waals surface area contributed by atoms with Crippen LogP contribution in [0.4, 0.5) is 11.4 Å². The smallest absolute Gasteiger partial charge is 0.293 e. The monoisotopic (exact) mass is 361 g/mol. The zero-order valence-corrected chi connectivity index (χ0v) is 15.1. The summed E-state index contributed by atoms with van der Waals surface area (Å²) in [5, 5.41) is 22.7. The third-order valence-electron chi connectivity index (χ3n) is 4.16. The molecule has 1 saturated carbocycles. The lowest BCUT2D eigenvalue weighted by atomic mass is 10.1. The van der Waals surface area contributed by atoms with Crippen molar-refractivity contribution in [2.45, 2.75) is 44.8 Å². The largest absolute Gasteiger partial charge is 0.320 e.